The number of carbonyl (C=O) groups is 2. The zero-order valence-electron chi connectivity index (χ0n) is 16.6. The predicted octanol–water partition coefficient (Wildman–Crippen LogP) is 4.50. The molecule has 144 valence electrons. The maximum absolute atomic E-state index is 12.4. The van der Waals surface area contributed by atoms with Crippen molar-refractivity contribution in [1.29, 1.82) is 0 Å². The molecule has 0 spiro atoms. The van der Waals surface area contributed by atoms with E-state index in [1.54, 1.807) is 48.5 Å². The average Bonchev–Trinajstić information content (AvgIpc) is 2.59. The van der Waals surface area contributed by atoms with Gasteiger partial charge in [-0.05, 0) is 75.2 Å². The van der Waals surface area contributed by atoms with Gasteiger partial charge in [0.1, 0.15) is 5.75 Å². The molecule has 0 aliphatic rings. The third-order valence-electron chi connectivity index (χ3n) is 3.59. The molecule has 0 aliphatic carbocycles. The Balaban J connectivity index is 1.96. The molecule has 0 aliphatic heterocycles. The van der Waals surface area contributed by atoms with Crippen molar-refractivity contribution in [1.82, 2.24) is 5.32 Å². The lowest BCUT2D eigenvalue weighted by molar-refractivity contribution is 0.0919. The third-order valence-corrected chi connectivity index (χ3v) is 3.59. The van der Waals surface area contributed by atoms with Crippen LogP contribution in [0.5, 0.6) is 5.75 Å². The van der Waals surface area contributed by atoms with Crippen molar-refractivity contribution in [2.45, 2.75) is 40.2 Å². The van der Waals surface area contributed by atoms with Gasteiger partial charge in [-0.3, -0.25) is 9.59 Å². The molecule has 0 heterocycles. The minimum atomic E-state index is -0.297. The van der Waals surface area contributed by atoms with E-state index >= 15 is 0 Å². The normalized spacial score (nSPS) is 11.2. The highest BCUT2D eigenvalue weighted by Crippen LogP contribution is 2.16. The second-order valence-electron chi connectivity index (χ2n) is 7.96. The average molecular weight is 368 g/mol. The summed E-state index contributed by atoms with van der Waals surface area (Å²) in [6.07, 6.45) is 0. The fraction of sp³-hybridized carbons (Fsp3) is 0.364. The van der Waals surface area contributed by atoms with Gasteiger partial charge in [-0.2, -0.15) is 0 Å². The number of ether oxygens (including phenoxy) is 1. The molecule has 0 aromatic heterocycles. The van der Waals surface area contributed by atoms with Gasteiger partial charge in [0, 0.05) is 22.4 Å². The molecule has 5 heteroatoms. The van der Waals surface area contributed by atoms with Gasteiger partial charge in [-0.15, -0.1) is 0 Å². The molecule has 2 rings (SSSR count). The highest BCUT2D eigenvalue weighted by atomic mass is 16.5. The van der Waals surface area contributed by atoms with E-state index in [1.807, 2.05) is 20.8 Å². The summed E-state index contributed by atoms with van der Waals surface area (Å²) in [7, 11) is 0. The number of benzene rings is 2. The molecule has 0 saturated carbocycles. The van der Waals surface area contributed by atoms with Crippen LogP contribution in [-0.2, 0) is 0 Å². The summed E-state index contributed by atoms with van der Waals surface area (Å²) in [6, 6.07) is 13.9. The smallest absolute Gasteiger partial charge is 0.255 e. The van der Waals surface area contributed by atoms with Crippen LogP contribution in [-0.4, -0.2) is 24.0 Å². The molecule has 0 bridgehead atoms. The second-order valence-corrected chi connectivity index (χ2v) is 7.96. The van der Waals surface area contributed by atoms with E-state index in [-0.39, 0.29) is 17.4 Å². The Labute approximate surface area is 161 Å². The summed E-state index contributed by atoms with van der Waals surface area (Å²) in [6.45, 7) is 10.6. The van der Waals surface area contributed by atoms with Crippen LogP contribution >= 0.6 is 0 Å². The Bertz CT molecular complexity index is 773. The minimum absolute atomic E-state index is 0.141. The molecule has 0 fully saturated rings. The van der Waals surface area contributed by atoms with Gasteiger partial charge in [-0.1, -0.05) is 13.8 Å². The largest absolute Gasteiger partial charge is 0.493 e. The molecular formula is C22H28N2O3. The first-order valence-electron chi connectivity index (χ1n) is 9.11. The minimum Gasteiger partial charge on any atom is -0.493 e. The SMILES string of the molecule is CC(C)COc1ccc(C(=O)Nc2ccc(C(=O)NC(C)(C)C)cc2)cc1. The Morgan fingerprint density at radius 3 is 1.93 bits per heavy atom. The van der Waals surface area contributed by atoms with Crippen molar-refractivity contribution in [3.63, 3.8) is 0 Å². The standard InChI is InChI=1S/C22H28N2O3/c1-15(2)14-27-19-12-8-16(9-13-19)20(25)23-18-10-6-17(7-11-18)21(26)24-22(3,4)5/h6-13,15H,14H2,1-5H3,(H,23,25)(H,24,26). The highest BCUT2D eigenvalue weighted by Gasteiger charge is 2.15. The van der Waals surface area contributed by atoms with Crippen molar-refractivity contribution < 1.29 is 14.3 Å². The molecular weight excluding hydrogens is 340 g/mol. The van der Waals surface area contributed by atoms with E-state index in [4.69, 9.17) is 4.74 Å². The van der Waals surface area contributed by atoms with Gasteiger partial charge in [0.2, 0.25) is 0 Å². The number of hydrogen-bond donors (Lipinski definition) is 2. The molecule has 0 atom stereocenters. The lowest BCUT2D eigenvalue weighted by Crippen LogP contribution is -2.40. The highest BCUT2D eigenvalue weighted by molar-refractivity contribution is 6.04. The van der Waals surface area contributed by atoms with Crippen LogP contribution in [0, 0.1) is 5.92 Å². The first-order valence-corrected chi connectivity index (χ1v) is 9.11. The number of anilines is 1. The van der Waals surface area contributed by atoms with E-state index in [1.165, 1.54) is 0 Å². The Kier molecular flexibility index (Phi) is 6.61. The van der Waals surface area contributed by atoms with E-state index in [0.29, 0.717) is 29.3 Å². The fourth-order valence-electron chi connectivity index (χ4n) is 2.29. The summed E-state index contributed by atoms with van der Waals surface area (Å²) >= 11 is 0. The van der Waals surface area contributed by atoms with Crippen molar-refractivity contribution in [3.05, 3.63) is 59.7 Å². The van der Waals surface area contributed by atoms with Gasteiger partial charge in [0.05, 0.1) is 6.61 Å². The van der Waals surface area contributed by atoms with E-state index in [9.17, 15) is 9.59 Å². The van der Waals surface area contributed by atoms with Crippen molar-refractivity contribution in [2.75, 3.05) is 11.9 Å². The maximum atomic E-state index is 12.4. The fourth-order valence-corrected chi connectivity index (χ4v) is 2.29. The molecule has 2 aromatic rings. The zero-order chi connectivity index (χ0) is 20.0. The van der Waals surface area contributed by atoms with Crippen molar-refractivity contribution in [2.24, 2.45) is 5.92 Å². The van der Waals surface area contributed by atoms with Crippen LogP contribution in [0.4, 0.5) is 5.69 Å². The quantitative estimate of drug-likeness (QED) is 0.789. The number of amides is 2. The topological polar surface area (TPSA) is 67.4 Å². The number of nitrogens with one attached hydrogen (secondary N) is 2. The number of carbonyl (C=O) groups excluding carboxylic acids is 2. The van der Waals surface area contributed by atoms with Gasteiger partial charge in [0.15, 0.2) is 0 Å². The summed E-state index contributed by atoms with van der Waals surface area (Å²) in [5.41, 5.74) is 1.43. The lowest BCUT2D eigenvalue weighted by atomic mass is 10.1. The lowest BCUT2D eigenvalue weighted by Gasteiger charge is -2.20. The molecule has 2 N–H and O–H groups in total. The van der Waals surface area contributed by atoms with Gasteiger partial charge >= 0.3 is 0 Å². The van der Waals surface area contributed by atoms with Gasteiger partial charge < -0.3 is 15.4 Å². The van der Waals surface area contributed by atoms with E-state index in [2.05, 4.69) is 24.5 Å². The van der Waals surface area contributed by atoms with Crippen LogP contribution in [0.3, 0.4) is 0 Å². The molecule has 2 aromatic carbocycles. The predicted molar refractivity (Wildman–Crippen MR) is 108 cm³/mol. The van der Waals surface area contributed by atoms with Gasteiger partial charge in [0.25, 0.3) is 11.8 Å². The van der Waals surface area contributed by atoms with Crippen LogP contribution in [0.25, 0.3) is 0 Å². The summed E-state index contributed by atoms with van der Waals surface area (Å²) in [4.78, 5) is 24.5. The Morgan fingerprint density at radius 2 is 1.41 bits per heavy atom. The molecule has 5 nitrogen and oxygen atoms in total. The molecule has 0 unspecified atom stereocenters. The van der Waals surface area contributed by atoms with Gasteiger partial charge in [-0.25, -0.2) is 0 Å². The maximum Gasteiger partial charge on any atom is 0.255 e. The van der Waals surface area contributed by atoms with Crippen molar-refractivity contribution >= 4 is 17.5 Å². The first kappa shape index (κ1) is 20.5. The van der Waals surface area contributed by atoms with Crippen molar-refractivity contribution in [3.8, 4) is 5.75 Å². The molecule has 0 saturated heterocycles. The molecule has 2 amide bonds. The second kappa shape index (κ2) is 8.71. The van der Waals surface area contributed by atoms with E-state index in [0.717, 1.165) is 5.75 Å². The molecule has 0 radical (unpaired) electrons. The van der Waals surface area contributed by atoms with Crippen LogP contribution in [0.2, 0.25) is 0 Å². The van der Waals surface area contributed by atoms with Crippen LogP contribution < -0.4 is 15.4 Å². The zero-order valence-corrected chi connectivity index (χ0v) is 16.6. The molecule has 27 heavy (non-hydrogen) atoms. The number of hydrogen-bond acceptors (Lipinski definition) is 3. The van der Waals surface area contributed by atoms with Crippen LogP contribution in [0.15, 0.2) is 48.5 Å². The third kappa shape index (κ3) is 6.77. The first-order chi connectivity index (χ1) is 12.6. The van der Waals surface area contributed by atoms with E-state index < -0.39 is 0 Å². The monoisotopic (exact) mass is 368 g/mol. The summed E-state index contributed by atoms with van der Waals surface area (Å²) in [5, 5.41) is 5.74. The Hall–Kier alpha value is -2.82. The number of rotatable bonds is 6. The Morgan fingerprint density at radius 1 is 0.889 bits per heavy atom. The van der Waals surface area contributed by atoms with Crippen LogP contribution in [0.1, 0.15) is 55.3 Å². The summed E-state index contributed by atoms with van der Waals surface area (Å²) < 4.78 is 5.62. The summed E-state index contributed by atoms with van der Waals surface area (Å²) in [5.74, 6) is 0.838.